The summed E-state index contributed by atoms with van der Waals surface area (Å²) in [7, 11) is 3.09. The fraction of sp³-hybridized carbons (Fsp3) is 0.391. The van der Waals surface area contributed by atoms with Crippen LogP contribution in [0.4, 0.5) is 0 Å². The van der Waals surface area contributed by atoms with Crippen LogP contribution in [0.2, 0.25) is 5.02 Å². The molecule has 2 amide bonds. The number of hydrogen-bond donors (Lipinski definition) is 0. The largest absolute Gasteiger partial charge is 0.493 e. The molecule has 2 aromatic carbocycles. The maximum Gasteiger partial charge on any atom is 0.254 e. The molecule has 0 atom stereocenters. The highest BCUT2D eigenvalue weighted by Crippen LogP contribution is 2.29. The third kappa shape index (κ3) is 6.07. The second-order valence-corrected chi connectivity index (χ2v) is 8.59. The summed E-state index contributed by atoms with van der Waals surface area (Å²) in [5, 5.41) is 0.529. The lowest BCUT2D eigenvalue weighted by Crippen LogP contribution is -2.50. The molecule has 32 heavy (non-hydrogen) atoms. The summed E-state index contributed by atoms with van der Waals surface area (Å²) in [6.45, 7) is 2.41. The second-order valence-electron chi connectivity index (χ2n) is 7.27. The highest BCUT2D eigenvalue weighted by Gasteiger charge is 2.25. The average Bonchev–Trinajstić information content (AvgIpc) is 2.82. The van der Waals surface area contributed by atoms with Gasteiger partial charge in [-0.2, -0.15) is 0 Å². The van der Waals surface area contributed by atoms with Crippen LogP contribution in [-0.4, -0.2) is 68.6 Å². The molecule has 3 rings (SSSR count). The number of amides is 2. The predicted molar refractivity (Wildman–Crippen MR) is 126 cm³/mol. The van der Waals surface area contributed by atoms with E-state index in [0.717, 1.165) is 4.47 Å². The topological polar surface area (TPSA) is 68.3 Å². The number of carbonyl (C=O) groups excluding carboxylic acids is 2. The molecule has 0 aromatic heterocycles. The minimum absolute atomic E-state index is 0.0636. The van der Waals surface area contributed by atoms with Crippen molar-refractivity contribution in [2.75, 3.05) is 47.0 Å². The Bertz CT molecular complexity index is 963. The molecular formula is C23H26BrClN2O5. The van der Waals surface area contributed by atoms with Gasteiger partial charge in [-0.05, 0) is 42.8 Å². The smallest absolute Gasteiger partial charge is 0.254 e. The van der Waals surface area contributed by atoms with Crippen LogP contribution in [0.5, 0.6) is 17.2 Å². The lowest BCUT2D eigenvalue weighted by Gasteiger charge is -2.35. The maximum atomic E-state index is 12.8. The SMILES string of the molecule is COc1ccc(C(=O)N2CCN(C(=O)CCCOc3ccc(Br)cc3Cl)CC2)cc1OC. The fourth-order valence-corrected chi connectivity index (χ4v) is 4.19. The van der Waals surface area contributed by atoms with E-state index in [2.05, 4.69) is 15.9 Å². The highest BCUT2D eigenvalue weighted by atomic mass is 79.9. The Morgan fingerprint density at radius 3 is 2.25 bits per heavy atom. The van der Waals surface area contributed by atoms with Gasteiger partial charge in [-0.25, -0.2) is 0 Å². The Labute approximate surface area is 201 Å². The van der Waals surface area contributed by atoms with Crippen molar-refractivity contribution in [1.29, 1.82) is 0 Å². The first-order valence-electron chi connectivity index (χ1n) is 10.3. The van der Waals surface area contributed by atoms with Gasteiger partial charge < -0.3 is 24.0 Å². The molecule has 2 aromatic rings. The van der Waals surface area contributed by atoms with Gasteiger partial charge in [0.1, 0.15) is 5.75 Å². The molecule has 1 aliphatic rings. The number of ether oxygens (including phenoxy) is 3. The summed E-state index contributed by atoms with van der Waals surface area (Å²) in [5.41, 5.74) is 0.533. The van der Waals surface area contributed by atoms with Gasteiger partial charge in [0.05, 0.1) is 25.8 Å². The van der Waals surface area contributed by atoms with Gasteiger partial charge in [-0.1, -0.05) is 27.5 Å². The Morgan fingerprint density at radius 1 is 0.938 bits per heavy atom. The van der Waals surface area contributed by atoms with Gasteiger partial charge >= 0.3 is 0 Å². The zero-order valence-electron chi connectivity index (χ0n) is 18.1. The Hall–Kier alpha value is -2.45. The number of nitrogens with zero attached hydrogens (tertiary/aromatic N) is 2. The van der Waals surface area contributed by atoms with Crippen LogP contribution in [0.1, 0.15) is 23.2 Å². The van der Waals surface area contributed by atoms with E-state index in [1.165, 1.54) is 7.11 Å². The summed E-state index contributed by atoms with van der Waals surface area (Å²) in [6.07, 6.45) is 0.980. The fourth-order valence-electron chi connectivity index (χ4n) is 3.47. The number of halogens is 2. The summed E-state index contributed by atoms with van der Waals surface area (Å²) < 4.78 is 17.1. The van der Waals surface area contributed by atoms with Crippen molar-refractivity contribution >= 4 is 39.3 Å². The Balaban J connectivity index is 1.43. The molecule has 7 nitrogen and oxygen atoms in total. The van der Waals surface area contributed by atoms with Gasteiger partial charge in [0, 0.05) is 42.6 Å². The van der Waals surface area contributed by atoms with E-state index in [-0.39, 0.29) is 11.8 Å². The average molecular weight is 526 g/mol. The van der Waals surface area contributed by atoms with Crippen LogP contribution in [0, 0.1) is 0 Å². The summed E-state index contributed by atoms with van der Waals surface area (Å²) in [4.78, 5) is 28.9. The maximum absolute atomic E-state index is 12.8. The Kier molecular flexibility index (Phi) is 8.64. The van der Waals surface area contributed by atoms with Crippen LogP contribution in [-0.2, 0) is 4.79 Å². The van der Waals surface area contributed by atoms with Gasteiger partial charge in [-0.3, -0.25) is 9.59 Å². The Morgan fingerprint density at radius 2 is 1.59 bits per heavy atom. The number of rotatable bonds is 8. The van der Waals surface area contributed by atoms with Crippen molar-refractivity contribution in [1.82, 2.24) is 9.80 Å². The molecular weight excluding hydrogens is 500 g/mol. The van der Waals surface area contributed by atoms with Crippen LogP contribution in [0.15, 0.2) is 40.9 Å². The summed E-state index contributed by atoms with van der Waals surface area (Å²) in [5.74, 6) is 1.67. The molecule has 0 radical (unpaired) electrons. The van der Waals surface area contributed by atoms with Gasteiger partial charge in [0.2, 0.25) is 5.91 Å². The zero-order chi connectivity index (χ0) is 23.1. The third-order valence-electron chi connectivity index (χ3n) is 5.24. The normalized spacial score (nSPS) is 13.6. The first kappa shape index (κ1) is 24.2. The molecule has 0 unspecified atom stereocenters. The van der Waals surface area contributed by atoms with Crippen molar-refractivity contribution in [3.63, 3.8) is 0 Å². The quantitative estimate of drug-likeness (QED) is 0.482. The molecule has 1 aliphatic heterocycles. The molecule has 0 saturated carbocycles. The number of methoxy groups -OCH3 is 2. The van der Waals surface area contributed by atoms with E-state index in [1.807, 2.05) is 6.07 Å². The van der Waals surface area contributed by atoms with E-state index in [4.69, 9.17) is 25.8 Å². The second kappa shape index (κ2) is 11.4. The minimum Gasteiger partial charge on any atom is -0.493 e. The number of hydrogen-bond acceptors (Lipinski definition) is 5. The first-order chi connectivity index (χ1) is 15.4. The highest BCUT2D eigenvalue weighted by molar-refractivity contribution is 9.10. The van der Waals surface area contributed by atoms with Gasteiger partial charge in [0.25, 0.3) is 5.91 Å². The monoisotopic (exact) mass is 524 g/mol. The van der Waals surface area contributed by atoms with Crippen LogP contribution in [0.3, 0.4) is 0 Å². The molecule has 1 fully saturated rings. The summed E-state index contributed by atoms with van der Waals surface area (Å²) in [6, 6.07) is 10.5. The molecule has 0 bridgehead atoms. The lowest BCUT2D eigenvalue weighted by molar-refractivity contribution is -0.132. The van der Waals surface area contributed by atoms with Crippen molar-refractivity contribution in [2.45, 2.75) is 12.8 Å². The van der Waals surface area contributed by atoms with Gasteiger partial charge in [0.15, 0.2) is 11.5 Å². The minimum atomic E-state index is -0.0853. The first-order valence-corrected chi connectivity index (χ1v) is 11.5. The predicted octanol–water partition coefficient (Wildman–Crippen LogP) is 4.26. The third-order valence-corrected chi connectivity index (χ3v) is 6.03. The summed E-state index contributed by atoms with van der Waals surface area (Å²) >= 11 is 9.49. The van der Waals surface area contributed by atoms with Crippen LogP contribution >= 0.6 is 27.5 Å². The van der Waals surface area contributed by atoms with E-state index in [1.54, 1.807) is 47.2 Å². The zero-order valence-corrected chi connectivity index (χ0v) is 20.4. The molecule has 1 heterocycles. The number of piperazine rings is 1. The lowest BCUT2D eigenvalue weighted by atomic mass is 10.1. The van der Waals surface area contributed by atoms with Gasteiger partial charge in [-0.15, -0.1) is 0 Å². The van der Waals surface area contributed by atoms with Crippen LogP contribution in [0.25, 0.3) is 0 Å². The molecule has 9 heteroatoms. The number of carbonyl (C=O) groups is 2. The van der Waals surface area contributed by atoms with Crippen molar-refractivity contribution in [2.24, 2.45) is 0 Å². The molecule has 172 valence electrons. The standard InChI is InChI=1S/C23H26BrClN2O5/c1-30-20-7-5-16(14-21(20)31-2)23(29)27-11-9-26(10-12-27)22(28)4-3-13-32-19-8-6-17(24)15-18(19)25/h5-8,14-15H,3-4,9-13H2,1-2H3. The van der Waals surface area contributed by atoms with E-state index in [0.29, 0.717) is 73.5 Å². The van der Waals surface area contributed by atoms with Crippen molar-refractivity contribution < 1.29 is 23.8 Å². The van der Waals surface area contributed by atoms with E-state index >= 15 is 0 Å². The van der Waals surface area contributed by atoms with Crippen molar-refractivity contribution in [3.05, 3.63) is 51.5 Å². The molecule has 1 saturated heterocycles. The molecule has 0 aliphatic carbocycles. The molecule has 0 N–H and O–H groups in total. The number of benzene rings is 2. The van der Waals surface area contributed by atoms with Crippen LogP contribution < -0.4 is 14.2 Å². The van der Waals surface area contributed by atoms with E-state index < -0.39 is 0 Å². The van der Waals surface area contributed by atoms with E-state index in [9.17, 15) is 9.59 Å². The molecule has 0 spiro atoms. The van der Waals surface area contributed by atoms with Crippen molar-refractivity contribution in [3.8, 4) is 17.2 Å².